The standard InChI is InChI=1S/C17H19N5O/c23-15-5-4-12(10-19-15)20-17-13-2-1-3-14(13)21-16(22-17)11-6-8-18-9-7-11/h6-9,12H,1-5,10H2,(H,19,23)(H,20,21,22). The van der Waals surface area contributed by atoms with Crippen molar-refractivity contribution in [3.8, 4) is 11.4 Å². The Hall–Kier alpha value is -2.50. The molecule has 1 fully saturated rings. The number of anilines is 1. The molecule has 3 heterocycles. The number of nitrogens with zero attached hydrogens (tertiary/aromatic N) is 3. The molecule has 1 aliphatic carbocycles. The molecule has 2 aromatic rings. The lowest BCUT2D eigenvalue weighted by Crippen LogP contribution is -2.42. The zero-order valence-electron chi connectivity index (χ0n) is 12.9. The van der Waals surface area contributed by atoms with E-state index in [1.54, 1.807) is 12.4 Å². The van der Waals surface area contributed by atoms with Crippen LogP contribution in [0.3, 0.4) is 0 Å². The number of carbonyl (C=O) groups is 1. The number of amides is 1. The molecule has 4 rings (SSSR count). The Morgan fingerprint density at radius 1 is 1.13 bits per heavy atom. The first kappa shape index (κ1) is 14.1. The number of aromatic nitrogens is 3. The Morgan fingerprint density at radius 3 is 2.78 bits per heavy atom. The predicted molar refractivity (Wildman–Crippen MR) is 86.9 cm³/mol. The van der Waals surface area contributed by atoms with Crippen molar-refractivity contribution in [3.63, 3.8) is 0 Å². The molecular weight excluding hydrogens is 290 g/mol. The summed E-state index contributed by atoms with van der Waals surface area (Å²) in [6.07, 6.45) is 8.09. The molecule has 2 aliphatic rings. The fraction of sp³-hybridized carbons (Fsp3) is 0.412. The van der Waals surface area contributed by atoms with Gasteiger partial charge in [-0.15, -0.1) is 0 Å². The summed E-state index contributed by atoms with van der Waals surface area (Å²) in [4.78, 5) is 24.9. The summed E-state index contributed by atoms with van der Waals surface area (Å²) in [5.74, 6) is 1.81. The van der Waals surface area contributed by atoms with E-state index in [2.05, 4.69) is 15.6 Å². The minimum Gasteiger partial charge on any atom is -0.365 e. The van der Waals surface area contributed by atoms with E-state index >= 15 is 0 Å². The molecule has 1 atom stereocenters. The molecule has 1 amide bonds. The van der Waals surface area contributed by atoms with Crippen molar-refractivity contribution in [3.05, 3.63) is 35.8 Å². The van der Waals surface area contributed by atoms with E-state index in [-0.39, 0.29) is 11.9 Å². The summed E-state index contributed by atoms with van der Waals surface area (Å²) in [5, 5.41) is 6.44. The lowest BCUT2D eigenvalue weighted by molar-refractivity contribution is -0.122. The van der Waals surface area contributed by atoms with Gasteiger partial charge >= 0.3 is 0 Å². The zero-order chi connectivity index (χ0) is 15.6. The zero-order valence-corrected chi connectivity index (χ0v) is 12.9. The van der Waals surface area contributed by atoms with Crippen LogP contribution >= 0.6 is 0 Å². The van der Waals surface area contributed by atoms with E-state index in [0.717, 1.165) is 48.6 Å². The second kappa shape index (κ2) is 5.95. The van der Waals surface area contributed by atoms with Crippen LogP contribution in [0.15, 0.2) is 24.5 Å². The fourth-order valence-electron chi connectivity index (χ4n) is 3.23. The smallest absolute Gasteiger partial charge is 0.220 e. The quantitative estimate of drug-likeness (QED) is 0.902. The molecule has 0 aromatic carbocycles. The number of hydrogen-bond donors (Lipinski definition) is 2. The first-order chi connectivity index (χ1) is 11.3. The molecule has 0 bridgehead atoms. The first-order valence-corrected chi connectivity index (χ1v) is 8.13. The summed E-state index contributed by atoms with van der Waals surface area (Å²) in [6.45, 7) is 0.655. The maximum absolute atomic E-state index is 11.3. The molecule has 1 saturated heterocycles. The molecule has 0 radical (unpaired) electrons. The first-order valence-electron chi connectivity index (χ1n) is 8.13. The average molecular weight is 309 g/mol. The second-order valence-corrected chi connectivity index (χ2v) is 6.09. The summed E-state index contributed by atoms with van der Waals surface area (Å²) in [7, 11) is 0. The molecule has 23 heavy (non-hydrogen) atoms. The fourth-order valence-corrected chi connectivity index (χ4v) is 3.23. The van der Waals surface area contributed by atoms with Crippen LogP contribution < -0.4 is 10.6 Å². The van der Waals surface area contributed by atoms with Crippen LogP contribution in [0.25, 0.3) is 11.4 Å². The van der Waals surface area contributed by atoms with Crippen LogP contribution in [-0.4, -0.2) is 33.4 Å². The van der Waals surface area contributed by atoms with E-state index in [1.807, 2.05) is 12.1 Å². The highest BCUT2D eigenvalue weighted by Gasteiger charge is 2.23. The third kappa shape index (κ3) is 2.88. The van der Waals surface area contributed by atoms with Crippen molar-refractivity contribution in [1.82, 2.24) is 20.3 Å². The van der Waals surface area contributed by atoms with Gasteiger partial charge in [0.25, 0.3) is 0 Å². The number of piperidine rings is 1. The lowest BCUT2D eigenvalue weighted by atomic mass is 10.1. The van der Waals surface area contributed by atoms with Gasteiger partial charge < -0.3 is 10.6 Å². The SMILES string of the molecule is O=C1CCC(Nc2nc(-c3ccncc3)nc3c2CCC3)CN1. The predicted octanol–water partition coefficient (Wildman–Crippen LogP) is 1.72. The van der Waals surface area contributed by atoms with Gasteiger partial charge in [0, 0.05) is 48.2 Å². The Balaban J connectivity index is 1.65. The van der Waals surface area contributed by atoms with Gasteiger partial charge in [0.1, 0.15) is 5.82 Å². The number of rotatable bonds is 3. The molecule has 6 heteroatoms. The van der Waals surface area contributed by atoms with Crippen molar-refractivity contribution < 1.29 is 4.79 Å². The Bertz CT molecular complexity index is 721. The average Bonchev–Trinajstić information content (AvgIpc) is 3.06. The molecule has 6 nitrogen and oxygen atoms in total. The highest BCUT2D eigenvalue weighted by molar-refractivity contribution is 5.77. The van der Waals surface area contributed by atoms with E-state index < -0.39 is 0 Å². The number of fused-ring (bicyclic) bond motifs is 1. The van der Waals surface area contributed by atoms with Crippen LogP contribution in [-0.2, 0) is 17.6 Å². The second-order valence-electron chi connectivity index (χ2n) is 6.09. The van der Waals surface area contributed by atoms with Crippen LogP contribution in [0.4, 0.5) is 5.82 Å². The summed E-state index contributed by atoms with van der Waals surface area (Å²) in [6, 6.07) is 4.10. The topological polar surface area (TPSA) is 79.8 Å². The van der Waals surface area contributed by atoms with Gasteiger partial charge in [-0.25, -0.2) is 9.97 Å². The Labute approximate surface area is 134 Å². The summed E-state index contributed by atoms with van der Waals surface area (Å²) >= 11 is 0. The summed E-state index contributed by atoms with van der Waals surface area (Å²) in [5.41, 5.74) is 3.36. The lowest BCUT2D eigenvalue weighted by Gasteiger charge is -2.25. The maximum atomic E-state index is 11.3. The van der Waals surface area contributed by atoms with Crippen molar-refractivity contribution in [1.29, 1.82) is 0 Å². The number of nitrogens with one attached hydrogen (secondary N) is 2. The highest BCUT2D eigenvalue weighted by Crippen LogP contribution is 2.29. The maximum Gasteiger partial charge on any atom is 0.220 e. The van der Waals surface area contributed by atoms with Gasteiger partial charge in [-0.3, -0.25) is 9.78 Å². The molecule has 2 N–H and O–H groups in total. The molecule has 0 saturated carbocycles. The van der Waals surface area contributed by atoms with Crippen LogP contribution in [0.2, 0.25) is 0 Å². The van der Waals surface area contributed by atoms with Crippen molar-refractivity contribution in [2.24, 2.45) is 0 Å². The van der Waals surface area contributed by atoms with Gasteiger partial charge in [-0.1, -0.05) is 0 Å². The van der Waals surface area contributed by atoms with Crippen LogP contribution in [0.5, 0.6) is 0 Å². The van der Waals surface area contributed by atoms with Gasteiger partial charge in [0.05, 0.1) is 0 Å². The van der Waals surface area contributed by atoms with Crippen molar-refractivity contribution in [2.75, 3.05) is 11.9 Å². The highest BCUT2D eigenvalue weighted by atomic mass is 16.1. The van der Waals surface area contributed by atoms with Crippen molar-refractivity contribution >= 4 is 11.7 Å². The van der Waals surface area contributed by atoms with Crippen LogP contribution in [0, 0.1) is 0 Å². The monoisotopic (exact) mass is 309 g/mol. The minimum atomic E-state index is 0.133. The normalized spacial score (nSPS) is 20.0. The third-order valence-electron chi connectivity index (χ3n) is 4.48. The Kier molecular flexibility index (Phi) is 3.65. The van der Waals surface area contributed by atoms with Gasteiger partial charge in [0.2, 0.25) is 5.91 Å². The number of hydrogen-bond acceptors (Lipinski definition) is 5. The van der Waals surface area contributed by atoms with Crippen LogP contribution in [0.1, 0.15) is 30.5 Å². The minimum absolute atomic E-state index is 0.133. The van der Waals surface area contributed by atoms with Gasteiger partial charge in [-0.2, -0.15) is 0 Å². The molecule has 118 valence electrons. The largest absolute Gasteiger partial charge is 0.365 e. The van der Waals surface area contributed by atoms with E-state index in [9.17, 15) is 4.79 Å². The molecule has 2 aromatic heterocycles. The molecule has 1 unspecified atom stereocenters. The van der Waals surface area contributed by atoms with E-state index in [0.29, 0.717) is 13.0 Å². The van der Waals surface area contributed by atoms with E-state index in [1.165, 1.54) is 5.56 Å². The van der Waals surface area contributed by atoms with Gasteiger partial charge in [-0.05, 0) is 37.8 Å². The number of carbonyl (C=O) groups excluding carboxylic acids is 1. The molecule has 1 aliphatic heterocycles. The number of aryl methyl sites for hydroxylation is 1. The molecular formula is C17H19N5O. The Morgan fingerprint density at radius 2 is 2.00 bits per heavy atom. The van der Waals surface area contributed by atoms with Gasteiger partial charge in [0.15, 0.2) is 5.82 Å². The van der Waals surface area contributed by atoms with Crippen molar-refractivity contribution in [2.45, 2.75) is 38.1 Å². The third-order valence-corrected chi connectivity index (χ3v) is 4.48. The van der Waals surface area contributed by atoms with E-state index in [4.69, 9.17) is 9.97 Å². The summed E-state index contributed by atoms with van der Waals surface area (Å²) < 4.78 is 0. The molecule has 0 spiro atoms. The number of pyridine rings is 1.